The second-order valence-electron chi connectivity index (χ2n) is 6.14. The Morgan fingerprint density at radius 1 is 1.46 bits per heavy atom. The zero-order chi connectivity index (χ0) is 17.3. The summed E-state index contributed by atoms with van der Waals surface area (Å²) in [6, 6.07) is 4.76. The van der Waals surface area contributed by atoms with Gasteiger partial charge in [0.05, 0.1) is 10.5 Å². The summed E-state index contributed by atoms with van der Waals surface area (Å²) in [5, 5.41) is 3.11. The molecule has 0 aromatic heterocycles. The van der Waals surface area contributed by atoms with Crippen molar-refractivity contribution in [2.45, 2.75) is 25.1 Å². The minimum Gasteiger partial charge on any atom is -0.352 e. The van der Waals surface area contributed by atoms with Crippen LogP contribution >= 0.6 is 39.9 Å². The van der Waals surface area contributed by atoms with Crippen molar-refractivity contribution in [2.24, 2.45) is 4.99 Å². The molecule has 9 heteroatoms. The summed E-state index contributed by atoms with van der Waals surface area (Å²) >= 11 is 3.32. The average molecular weight is 534 g/mol. The van der Waals surface area contributed by atoms with Gasteiger partial charge in [-0.1, -0.05) is 15.9 Å². The molecule has 1 heterocycles. The Morgan fingerprint density at radius 2 is 2.12 bits per heavy atom. The van der Waals surface area contributed by atoms with E-state index in [0.29, 0.717) is 24.6 Å². The van der Waals surface area contributed by atoms with Crippen molar-refractivity contribution < 1.29 is 12.8 Å². The summed E-state index contributed by atoms with van der Waals surface area (Å²) in [7, 11) is -1.47. The van der Waals surface area contributed by atoms with Gasteiger partial charge in [0.1, 0.15) is 5.82 Å². The van der Waals surface area contributed by atoms with E-state index in [2.05, 4.69) is 26.2 Å². The fourth-order valence-corrected chi connectivity index (χ4v) is 4.28. The van der Waals surface area contributed by atoms with Crippen molar-refractivity contribution in [3.8, 4) is 0 Å². The third-order valence-corrected chi connectivity index (χ3v) is 7.03. The number of halogens is 3. The Hall–Kier alpha value is -0.420. The van der Waals surface area contributed by atoms with Gasteiger partial charge in [-0.3, -0.25) is 4.99 Å². The maximum absolute atomic E-state index is 13.8. The largest absolute Gasteiger partial charge is 0.352 e. The van der Waals surface area contributed by atoms with E-state index in [0.717, 1.165) is 4.47 Å². The van der Waals surface area contributed by atoms with E-state index in [4.69, 9.17) is 0 Å². The summed E-state index contributed by atoms with van der Waals surface area (Å²) in [6.45, 7) is 4.45. The van der Waals surface area contributed by atoms with Crippen LogP contribution in [0.1, 0.15) is 19.4 Å². The van der Waals surface area contributed by atoms with Crippen LogP contribution in [0.4, 0.5) is 4.39 Å². The van der Waals surface area contributed by atoms with Gasteiger partial charge in [-0.05, 0) is 32.0 Å². The highest BCUT2D eigenvalue weighted by molar-refractivity contribution is 14.0. The summed E-state index contributed by atoms with van der Waals surface area (Å²) in [5.74, 6) is 0.372. The normalized spacial score (nSPS) is 19.5. The standard InChI is InChI=1S/C15H21BrFN3O2S.HI/c1-15(2)10-20(6-7-23(15,21)22)14(18-3)19-9-11-8-12(16)4-5-13(11)17;/h4-5,8H,6-7,9-10H2,1-3H3,(H,18,19);1H. The van der Waals surface area contributed by atoms with Gasteiger partial charge in [0.15, 0.2) is 15.8 Å². The molecule has 24 heavy (non-hydrogen) atoms. The quantitative estimate of drug-likeness (QED) is 0.361. The number of nitrogens with one attached hydrogen (secondary N) is 1. The molecule has 1 aliphatic rings. The predicted molar refractivity (Wildman–Crippen MR) is 109 cm³/mol. The second-order valence-corrected chi connectivity index (χ2v) is 9.80. The third kappa shape index (κ3) is 4.81. The Bertz CT molecular complexity index is 725. The molecule has 0 amide bonds. The molecule has 1 saturated heterocycles. The SMILES string of the molecule is CN=C(NCc1cc(Br)ccc1F)N1CCS(=O)(=O)C(C)(C)C1.I. The van der Waals surface area contributed by atoms with Gasteiger partial charge in [0.25, 0.3) is 0 Å². The Morgan fingerprint density at radius 3 is 2.71 bits per heavy atom. The topological polar surface area (TPSA) is 61.8 Å². The third-order valence-electron chi connectivity index (χ3n) is 4.00. The molecular weight excluding hydrogens is 512 g/mol. The van der Waals surface area contributed by atoms with Crippen molar-refractivity contribution in [1.82, 2.24) is 10.2 Å². The smallest absolute Gasteiger partial charge is 0.193 e. The molecule has 0 atom stereocenters. The van der Waals surface area contributed by atoms with Crippen molar-refractivity contribution in [3.63, 3.8) is 0 Å². The maximum atomic E-state index is 13.8. The molecule has 0 spiro atoms. The molecule has 0 saturated carbocycles. The molecule has 0 unspecified atom stereocenters. The summed E-state index contributed by atoms with van der Waals surface area (Å²) < 4.78 is 37.9. The highest BCUT2D eigenvalue weighted by Crippen LogP contribution is 2.24. The van der Waals surface area contributed by atoms with Gasteiger partial charge in [0, 0.05) is 36.7 Å². The van der Waals surface area contributed by atoms with Gasteiger partial charge >= 0.3 is 0 Å². The van der Waals surface area contributed by atoms with Gasteiger partial charge in [-0.15, -0.1) is 24.0 Å². The first-order valence-electron chi connectivity index (χ1n) is 7.28. The zero-order valence-electron chi connectivity index (χ0n) is 13.8. The lowest BCUT2D eigenvalue weighted by Crippen LogP contribution is -2.57. The molecule has 2 rings (SSSR count). The summed E-state index contributed by atoms with van der Waals surface area (Å²) in [4.78, 5) is 6.09. The van der Waals surface area contributed by atoms with Gasteiger partial charge in [-0.25, -0.2) is 12.8 Å². The fourth-order valence-electron chi connectivity index (χ4n) is 2.51. The van der Waals surface area contributed by atoms with Crippen LogP contribution in [0.25, 0.3) is 0 Å². The van der Waals surface area contributed by atoms with Crippen molar-refractivity contribution >= 4 is 55.7 Å². The molecule has 0 aliphatic carbocycles. The molecule has 136 valence electrons. The number of benzene rings is 1. The molecule has 1 aromatic rings. The van der Waals surface area contributed by atoms with E-state index in [1.165, 1.54) is 6.07 Å². The molecule has 0 bridgehead atoms. The molecule has 0 radical (unpaired) electrons. The number of sulfone groups is 1. The number of nitrogens with zero attached hydrogens (tertiary/aromatic N) is 2. The predicted octanol–water partition coefficient (Wildman–Crippen LogP) is 2.79. The average Bonchev–Trinajstić information content (AvgIpc) is 2.46. The van der Waals surface area contributed by atoms with Crippen LogP contribution in [0, 0.1) is 5.82 Å². The van der Waals surface area contributed by atoms with Crippen molar-refractivity contribution in [2.75, 3.05) is 25.9 Å². The Kier molecular flexibility index (Phi) is 7.48. The number of rotatable bonds is 2. The minimum atomic E-state index is -3.11. The highest BCUT2D eigenvalue weighted by atomic mass is 127. The van der Waals surface area contributed by atoms with E-state index in [1.807, 2.05) is 4.90 Å². The fraction of sp³-hybridized carbons (Fsp3) is 0.533. The lowest BCUT2D eigenvalue weighted by atomic mass is 10.2. The molecule has 1 aliphatic heterocycles. The summed E-state index contributed by atoms with van der Waals surface area (Å²) in [5.41, 5.74) is 0.518. The molecule has 1 aromatic carbocycles. The van der Waals surface area contributed by atoms with Crippen LogP contribution in [-0.4, -0.2) is 49.9 Å². The van der Waals surface area contributed by atoms with Crippen LogP contribution in [0.15, 0.2) is 27.7 Å². The van der Waals surface area contributed by atoms with E-state index >= 15 is 0 Å². The van der Waals surface area contributed by atoms with Gasteiger partial charge in [-0.2, -0.15) is 0 Å². The zero-order valence-corrected chi connectivity index (χ0v) is 18.6. The van der Waals surface area contributed by atoms with Gasteiger partial charge < -0.3 is 10.2 Å². The molecule has 5 nitrogen and oxygen atoms in total. The Balaban J connectivity index is 0.00000288. The van der Waals surface area contributed by atoms with E-state index in [-0.39, 0.29) is 42.1 Å². The Labute approximate surface area is 168 Å². The van der Waals surface area contributed by atoms with Crippen LogP contribution in [0.2, 0.25) is 0 Å². The molecule has 1 N–H and O–H groups in total. The van der Waals surface area contributed by atoms with E-state index in [9.17, 15) is 12.8 Å². The number of guanidine groups is 1. The first-order chi connectivity index (χ1) is 10.7. The van der Waals surface area contributed by atoms with Gasteiger partial charge in [0.2, 0.25) is 0 Å². The van der Waals surface area contributed by atoms with Crippen LogP contribution in [0.5, 0.6) is 0 Å². The lowest BCUT2D eigenvalue weighted by molar-refractivity contribution is 0.353. The van der Waals surface area contributed by atoms with Crippen molar-refractivity contribution in [3.05, 3.63) is 34.1 Å². The second kappa shape index (κ2) is 8.31. The first kappa shape index (κ1) is 21.6. The van der Waals surface area contributed by atoms with E-state index < -0.39 is 14.6 Å². The van der Waals surface area contributed by atoms with E-state index in [1.54, 1.807) is 33.0 Å². The van der Waals surface area contributed by atoms with Crippen LogP contribution in [0.3, 0.4) is 0 Å². The minimum absolute atomic E-state index is 0. The number of hydrogen-bond acceptors (Lipinski definition) is 3. The first-order valence-corrected chi connectivity index (χ1v) is 9.72. The number of hydrogen-bond donors (Lipinski definition) is 1. The lowest BCUT2D eigenvalue weighted by Gasteiger charge is -2.39. The van der Waals surface area contributed by atoms with Crippen LogP contribution < -0.4 is 5.32 Å². The van der Waals surface area contributed by atoms with Crippen LogP contribution in [-0.2, 0) is 16.4 Å². The monoisotopic (exact) mass is 533 g/mol. The maximum Gasteiger partial charge on any atom is 0.193 e. The molecule has 1 fully saturated rings. The number of aliphatic imine (C=N–C) groups is 1. The highest BCUT2D eigenvalue weighted by Gasteiger charge is 2.40. The van der Waals surface area contributed by atoms with Crippen molar-refractivity contribution in [1.29, 1.82) is 0 Å². The molecular formula is C15H22BrFIN3O2S. The summed E-state index contributed by atoms with van der Waals surface area (Å²) in [6.07, 6.45) is 0.